The number of fused-ring (bicyclic) bond motifs is 4. The van der Waals surface area contributed by atoms with Crippen molar-refractivity contribution in [1.29, 1.82) is 0 Å². The summed E-state index contributed by atoms with van der Waals surface area (Å²) in [6.07, 6.45) is 5.36. The Hall–Kier alpha value is -6.05. The van der Waals surface area contributed by atoms with Crippen LogP contribution in [0.2, 0.25) is 5.28 Å². The van der Waals surface area contributed by atoms with E-state index in [0.717, 1.165) is 66.8 Å². The first-order valence-corrected chi connectivity index (χ1v) is 15.4. The van der Waals surface area contributed by atoms with Gasteiger partial charge in [-0.25, -0.2) is 19.9 Å². The normalized spacial score (nSPS) is 11.6. The molecule has 224 valence electrons. The molecule has 0 fully saturated rings. The fourth-order valence-corrected chi connectivity index (χ4v) is 6.08. The van der Waals surface area contributed by atoms with Gasteiger partial charge in [0.15, 0.2) is 11.4 Å². The van der Waals surface area contributed by atoms with Crippen LogP contribution in [0.4, 0.5) is 5.69 Å². The van der Waals surface area contributed by atoms with Crippen molar-refractivity contribution in [3.63, 3.8) is 0 Å². The molecule has 0 amide bonds. The molecule has 4 heterocycles. The molecule has 7 nitrogen and oxygen atoms in total. The minimum Gasteiger partial charge on any atom is -0.452 e. The molecule has 0 aliphatic rings. The van der Waals surface area contributed by atoms with Crippen LogP contribution in [0.25, 0.3) is 84.2 Å². The molecule has 0 aliphatic carbocycles. The molecule has 4 aromatic carbocycles. The first kappa shape index (κ1) is 28.4. The van der Waals surface area contributed by atoms with Crippen LogP contribution >= 0.6 is 11.6 Å². The van der Waals surface area contributed by atoms with Gasteiger partial charge in [-0.05, 0) is 48.9 Å². The number of para-hydroxylation sites is 1. The molecule has 0 radical (unpaired) electrons. The minimum atomic E-state index is 0.155. The van der Waals surface area contributed by atoms with Gasteiger partial charge in [-0.2, -0.15) is 0 Å². The van der Waals surface area contributed by atoms with E-state index in [9.17, 15) is 0 Å². The van der Waals surface area contributed by atoms with Gasteiger partial charge in [-0.15, -0.1) is 0 Å². The number of hydrogen-bond acceptors (Lipinski definition) is 7. The molecule has 0 saturated heterocycles. The Balaban J connectivity index is 1.30. The summed E-state index contributed by atoms with van der Waals surface area (Å²) in [7, 11) is 0. The summed E-state index contributed by atoms with van der Waals surface area (Å²) in [6, 6.07) is 33.8. The Morgan fingerprint density at radius 2 is 1.51 bits per heavy atom. The SMILES string of the molecule is C=Cc1c(-c2cc(-c3ccccc3)nc(-c3ccc(-c4nc(Cl)nc5c4oc4ccccc45)cc3)n2)cc2cccnc2c1/N=C\C. The lowest BCUT2D eigenvalue weighted by Gasteiger charge is -2.14. The molecule has 8 rings (SSSR count). The Morgan fingerprint density at radius 3 is 2.32 bits per heavy atom. The van der Waals surface area contributed by atoms with E-state index in [-0.39, 0.29) is 5.28 Å². The van der Waals surface area contributed by atoms with Crippen LogP contribution in [0.3, 0.4) is 0 Å². The van der Waals surface area contributed by atoms with Gasteiger partial charge in [0.25, 0.3) is 0 Å². The summed E-state index contributed by atoms with van der Waals surface area (Å²) in [5, 5.41) is 2.00. The third-order valence-electron chi connectivity index (χ3n) is 8.05. The van der Waals surface area contributed by atoms with Gasteiger partial charge in [-0.3, -0.25) is 9.98 Å². The first-order chi connectivity index (χ1) is 23.1. The average Bonchev–Trinajstić information content (AvgIpc) is 3.50. The molecule has 0 N–H and O–H groups in total. The van der Waals surface area contributed by atoms with Crippen LogP contribution in [-0.2, 0) is 0 Å². The maximum atomic E-state index is 6.40. The van der Waals surface area contributed by atoms with Gasteiger partial charge in [0.2, 0.25) is 5.28 Å². The highest BCUT2D eigenvalue weighted by Gasteiger charge is 2.19. The van der Waals surface area contributed by atoms with Crippen molar-refractivity contribution in [2.45, 2.75) is 6.92 Å². The summed E-state index contributed by atoms with van der Waals surface area (Å²) in [6.45, 7) is 6.03. The smallest absolute Gasteiger partial charge is 0.223 e. The summed E-state index contributed by atoms with van der Waals surface area (Å²) in [5.74, 6) is 0.573. The maximum Gasteiger partial charge on any atom is 0.223 e. The lowest BCUT2D eigenvalue weighted by molar-refractivity contribution is 0.667. The van der Waals surface area contributed by atoms with Gasteiger partial charge in [0.1, 0.15) is 16.8 Å². The second-order valence-electron chi connectivity index (χ2n) is 10.9. The van der Waals surface area contributed by atoms with E-state index in [1.54, 1.807) is 12.4 Å². The number of furan rings is 1. The standard InChI is InChI=1S/C39H25ClN6O/c1-3-27-29(21-26-13-10-20-42-33(26)35(27)41-4-2)31-22-30(23-11-6-5-7-12-23)43-38(44-31)25-18-16-24(17-19-25)34-37-36(46-39(40)45-34)28-14-8-9-15-32(28)47-37/h3-22H,1H2,2H3/b41-4-. The van der Waals surface area contributed by atoms with Gasteiger partial charge >= 0.3 is 0 Å². The van der Waals surface area contributed by atoms with Crippen molar-refractivity contribution in [2.24, 2.45) is 4.99 Å². The third-order valence-corrected chi connectivity index (χ3v) is 8.22. The number of aromatic nitrogens is 5. The van der Waals surface area contributed by atoms with Crippen molar-refractivity contribution in [1.82, 2.24) is 24.9 Å². The Kier molecular flexibility index (Phi) is 7.08. The minimum absolute atomic E-state index is 0.155. The Labute approximate surface area is 275 Å². The zero-order valence-electron chi connectivity index (χ0n) is 25.2. The Bertz CT molecular complexity index is 2510. The molecule has 0 spiro atoms. The predicted octanol–water partition coefficient (Wildman–Crippen LogP) is 10.4. The third kappa shape index (κ3) is 5.03. The largest absolute Gasteiger partial charge is 0.452 e. The van der Waals surface area contributed by atoms with Crippen molar-refractivity contribution in [3.05, 3.63) is 127 Å². The summed E-state index contributed by atoms with van der Waals surface area (Å²) < 4.78 is 6.19. The summed E-state index contributed by atoms with van der Waals surface area (Å²) in [5.41, 5.74) is 10.1. The summed E-state index contributed by atoms with van der Waals surface area (Å²) in [4.78, 5) is 28.5. The zero-order chi connectivity index (χ0) is 31.9. The van der Waals surface area contributed by atoms with Crippen LogP contribution in [-0.4, -0.2) is 31.1 Å². The first-order valence-electron chi connectivity index (χ1n) is 15.0. The predicted molar refractivity (Wildman–Crippen MR) is 191 cm³/mol. The molecular weight excluding hydrogens is 604 g/mol. The molecule has 8 aromatic rings. The second-order valence-corrected chi connectivity index (χ2v) is 11.2. The van der Waals surface area contributed by atoms with Crippen LogP contribution < -0.4 is 0 Å². The fourth-order valence-electron chi connectivity index (χ4n) is 5.91. The monoisotopic (exact) mass is 628 g/mol. The number of nitrogens with zero attached hydrogens (tertiary/aromatic N) is 6. The molecular formula is C39H25ClN6O. The van der Waals surface area contributed by atoms with Gasteiger partial charge < -0.3 is 4.42 Å². The van der Waals surface area contributed by atoms with Crippen molar-refractivity contribution in [3.8, 4) is 45.2 Å². The van der Waals surface area contributed by atoms with Crippen LogP contribution in [0.1, 0.15) is 12.5 Å². The van der Waals surface area contributed by atoms with E-state index in [1.807, 2.05) is 110 Å². The number of benzene rings is 4. The number of hydrogen-bond donors (Lipinski definition) is 0. The highest BCUT2D eigenvalue weighted by molar-refractivity contribution is 6.29. The zero-order valence-corrected chi connectivity index (χ0v) is 26.0. The molecule has 0 aliphatic heterocycles. The van der Waals surface area contributed by atoms with Crippen LogP contribution in [0, 0.1) is 0 Å². The molecule has 0 saturated carbocycles. The van der Waals surface area contributed by atoms with E-state index in [0.29, 0.717) is 22.6 Å². The fraction of sp³-hybridized carbons (Fsp3) is 0.0256. The van der Waals surface area contributed by atoms with Gasteiger partial charge in [0.05, 0.1) is 22.6 Å². The van der Waals surface area contributed by atoms with Crippen molar-refractivity contribution in [2.75, 3.05) is 0 Å². The second kappa shape index (κ2) is 11.7. The highest BCUT2D eigenvalue weighted by Crippen LogP contribution is 2.39. The number of aliphatic imine (C=N–C) groups is 1. The van der Waals surface area contributed by atoms with E-state index in [2.05, 4.69) is 27.6 Å². The quantitative estimate of drug-likeness (QED) is 0.134. The average molecular weight is 629 g/mol. The lowest BCUT2D eigenvalue weighted by atomic mass is 9.97. The van der Waals surface area contributed by atoms with Crippen LogP contribution in [0.5, 0.6) is 0 Å². The van der Waals surface area contributed by atoms with Gasteiger partial charge in [0, 0.05) is 51.0 Å². The molecule has 0 unspecified atom stereocenters. The van der Waals surface area contributed by atoms with E-state index >= 15 is 0 Å². The number of rotatable bonds is 6. The topological polar surface area (TPSA) is 90.0 Å². The molecule has 0 bridgehead atoms. The van der Waals surface area contributed by atoms with E-state index < -0.39 is 0 Å². The molecule has 4 aromatic heterocycles. The molecule has 8 heteroatoms. The van der Waals surface area contributed by atoms with E-state index in [1.165, 1.54) is 0 Å². The van der Waals surface area contributed by atoms with Crippen molar-refractivity contribution >= 4 is 62.6 Å². The van der Waals surface area contributed by atoms with E-state index in [4.69, 9.17) is 31.0 Å². The number of halogens is 1. The van der Waals surface area contributed by atoms with Crippen LogP contribution in [0.15, 0.2) is 125 Å². The van der Waals surface area contributed by atoms with Gasteiger partial charge in [-0.1, -0.05) is 85.5 Å². The molecule has 47 heavy (non-hydrogen) atoms. The lowest BCUT2D eigenvalue weighted by Crippen LogP contribution is -1.98. The highest BCUT2D eigenvalue weighted by atomic mass is 35.5. The van der Waals surface area contributed by atoms with Crippen molar-refractivity contribution < 1.29 is 4.42 Å². The number of pyridine rings is 1. The molecule has 0 atom stereocenters. The Morgan fingerprint density at radius 1 is 0.745 bits per heavy atom. The maximum absolute atomic E-state index is 6.40. The summed E-state index contributed by atoms with van der Waals surface area (Å²) >= 11 is 6.40.